The van der Waals surface area contributed by atoms with E-state index in [9.17, 15) is 0 Å². The van der Waals surface area contributed by atoms with Crippen molar-refractivity contribution in [1.29, 1.82) is 0 Å². The molecule has 0 radical (unpaired) electrons. The molecule has 1 aliphatic heterocycles. The van der Waals surface area contributed by atoms with Crippen LogP contribution in [0.15, 0.2) is 78.0 Å². The van der Waals surface area contributed by atoms with E-state index in [4.69, 9.17) is 0 Å². The van der Waals surface area contributed by atoms with Crippen LogP contribution in [0.1, 0.15) is 90.3 Å². The molecule has 2 aliphatic rings. The number of nitrogens with zero attached hydrogens (tertiary/aromatic N) is 1. The van der Waals surface area contributed by atoms with Gasteiger partial charge in [0, 0.05) is 28.8 Å². The van der Waals surface area contributed by atoms with E-state index in [1.807, 2.05) is 0 Å². The van der Waals surface area contributed by atoms with E-state index in [0.717, 1.165) is 13.0 Å². The minimum absolute atomic E-state index is 0.0161. The lowest BCUT2D eigenvalue weighted by Crippen LogP contribution is -2.26. The topological polar surface area (TPSA) is 3.24 Å². The highest BCUT2D eigenvalue weighted by atomic mass is 15.2. The van der Waals surface area contributed by atoms with Crippen molar-refractivity contribution in [2.24, 2.45) is 0 Å². The standard InChI is InChI=1S/C32H41N/c1-7-9-16-24-25-17-11-12-18-26(25)31(3,4)27(24)20-15-22-30-32(5,6)28-19-13-14-21-29(28)33(30)23-10-8-2/h11-15,17-22H,7-10,16,23H2,1-6H3/b20-15+,30-22-. The average Bonchev–Trinajstić information content (AvgIpc) is 3.16. The number of anilines is 1. The van der Waals surface area contributed by atoms with Gasteiger partial charge in [0.15, 0.2) is 0 Å². The van der Waals surface area contributed by atoms with Crippen molar-refractivity contribution in [3.05, 3.63) is 94.7 Å². The first-order valence-electron chi connectivity index (χ1n) is 12.9. The fourth-order valence-electron chi connectivity index (χ4n) is 5.82. The van der Waals surface area contributed by atoms with E-state index in [2.05, 4.69) is 113 Å². The predicted molar refractivity (Wildman–Crippen MR) is 145 cm³/mol. The van der Waals surface area contributed by atoms with Crippen LogP contribution in [-0.4, -0.2) is 6.54 Å². The SMILES string of the molecule is CCCCC1=C(/C=C/C=C2\N(CCCC)c3ccccc3C2(C)C)C(C)(C)c2ccccc21. The molecule has 174 valence electrons. The molecule has 1 heteroatoms. The summed E-state index contributed by atoms with van der Waals surface area (Å²) in [6.45, 7) is 15.2. The summed E-state index contributed by atoms with van der Waals surface area (Å²) in [5.74, 6) is 0. The lowest BCUT2D eigenvalue weighted by atomic mass is 9.80. The van der Waals surface area contributed by atoms with Crippen LogP contribution in [0, 0.1) is 0 Å². The molecule has 0 N–H and O–H groups in total. The molecule has 1 heterocycles. The molecule has 2 aromatic rings. The Labute approximate surface area is 201 Å². The van der Waals surface area contributed by atoms with Crippen molar-refractivity contribution in [3.63, 3.8) is 0 Å². The molecule has 0 saturated carbocycles. The highest BCUT2D eigenvalue weighted by molar-refractivity contribution is 5.82. The summed E-state index contributed by atoms with van der Waals surface area (Å²) < 4.78 is 0. The molecule has 0 fully saturated rings. The minimum atomic E-state index is 0.0161. The molecule has 0 bridgehead atoms. The summed E-state index contributed by atoms with van der Waals surface area (Å²) in [7, 11) is 0. The van der Waals surface area contributed by atoms with E-state index >= 15 is 0 Å². The van der Waals surface area contributed by atoms with E-state index in [1.54, 1.807) is 5.57 Å². The Morgan fingerprint density at radius 2 is 1.45 bits per heavy atom. The highest BCUT2D eigenvalue weighted by Crippen LogP contribution is 2.49. The first-order chi connectivity index (χ1) is 15.8. The van der Waals surface area contributed by atoms with Crippen LogP contribution in [0.25, 0.3) is 5.57 Å². The molecule has 0 atom stereocenters. The van der Waals surface area contributed by atoms with E-state index in [1.165, 1.54) is 59.3 Å². The number of hydrogen-bond acceptors (Lipinski definition) is 1. The molecule has 0 unspecified atom stereocenters. The van der Waals surface area contributed by atoms with Gasteiger partial charge >= 0.3 is 0 Å². The molecular weight excluding hydrogens is 398 g/mol. The highest BCUT2D eigenvalue weighted by Gasteiger charge is 2.39. The van der Waals surface area contributed by atoms with Crippen molar-refractivity contribution in [1.82, 2.24) is 0 Å². The van der Waals surface area contributed by atoms with Gasteiger partial charge in [0.1, 0.15) is 0 Å². The van der Waals surface area contributed by atoms with Crippen molar-refractivity contribution >= 4 is 11.3 Å². The Bertz CT molecular complexity index is 1090. The van der Waals surface area contributed by atoms with E-state index in [-0.39, 0.29) is 10.8 Å². The first kappa shape index (κ1) is 23.6. The van der Waals surface area contributed by atoms with Crippen molar-refractivity contribution < 1.29 is 0 Å². The van der Waals surface area contributed by atoms with Gasteiger partial charge in [0.2, 0.25) is 0 Å². The van der Waals surface area contributed by atoms with Gasteiger partial charge < -0.3 is 4.90 Å². The number of rotatable bonds is 8. The van der Waals surface area contributed by atoms with Crippen LogP contribution < -0.4 is 4.90 Å². The quantitative estimate of drug-likeness (QED) is 0.397. The molecule has 1 nitrogen and oxygen atoms in total. The number of hydrogen-bond donors (Lipinski definition) is 0. The molecule has 0 amide bonds. The van der Waals surface area contributed by atoms with E-state index < -0.39 is 0 Å². The van der Waals surface area contributed by atoms with Crippen LogP contribution in [0.2, 0.25) is 0 Å². The van der Waals surface area contributed by atoms with Gasteiger partial charge in [0.05, 0.1) is 0 Å². The van der Waals surface area contributed by atoms with Crippen molar-refractivity contribution in [3.8, 4) is 0 Å². The van der Waals surface area contributed by atoms with Gasteiger partial charge in [-0.2, -0.15) is 0 Å². The third kappa shape index (κ3) is 4.12. The molecule has 0 spiro atoms. The average molecular weight is 440 g/mol. The Morgan fingerprint density at radius 1 is 0.788 bits per heavy atom. The molecule has 33 heavy (non-hydrogen) atoms. The van der Waals surface area contributed by atoms with Gasteiger partial charge in [-0.3, -0.25) is 0 Å². The number of unbranched alkanes of at least 4 members (excludes halogenated alkanes) is 2. The normalized spacial score (nSPS) is 19.6. The number of fused-ring (bicyclic) bond motifs is 2. The fourth-order valence-corrected chi connectivity index (χ4v) is 5.82. The first-order valence-corrected chi connectivity index (χ1v) is 12.9. The van der Waals surface area contributed by atoms with Gasteiger partial charge in [-0.05, 0) is 59.2 Å². The fraction of sp³-hybridized carbons (Fsp3) is 0.438. The molecule has 0 aromatic heterocycles. The van der Waals surface area contributed by atoms with Gasteiger partial charge in [-0.15, -0.1) is 0 Å². The van der Waals surface area contributed by atoms with Gasteiger partial charge in [0.25, 0.3) is 0 Å². The molecule has 1 aliphatic carbocycles. The second kappa shape index (κ2) is 9.37. The predicted octanol–water partition coefficient (Wildman–Crippen LogP) is 8.96. The Balaban J connectivity index is 1.74. The zero-order valence-corrected chi connectivity index (χ0v) is 21.5. The maximum atomic E-state index is 2.56. The van der Waals surface area contributed by atoms with Crippen LogP contribution in [0.3, 0.4) is 0 Å². The smallest absolute Gasteiger partial charge is 0.0450 e. The van der Waals surface area contributed by atoms with Crippen molar-refractivity contribution in [2.75, 3.05) is 11.4 Å². The van der Waals surface area contributed by atoms with Crippen LogP contribution in [0.4, 0.5) is 5.69 Å². The molecular formula is C32H41N. The summed E-state index contributed by atoms with van der Waals surface area (Å²) in [5, 5.41) is 0. The molecule has 2 aromatic carbocycles. The summed E-state index contributed by atoms with van der Waals surface area (Å²) >= 11 is 0. The second-order valence-corrected chi connectivity index (χ2v) is 10.7. The second-order valence-electron chi connectivity index (χ2n) is 10.7. The monoisotopic (exact) mass is 439 g/mol. The lowest BCUT2D eigenvalue weighted by molar-refractivity contribution is 0.624. The molecule has 0 saturated heterocycles. The lowest BCUT2D eigenvalue weighted by Gasteiger charge is -2.27. The molecule has 4 rings (SSSR count). The summed E-state index contributed by atoms with van der Waals surface area (Å²) in [6.07, 6.45) is 13.2. The number of allylic oxidation sites excluding steroid dienone is 6. The third-order valence-electron chi connectivity index (χ3n) is 7.76. The summed E-state index contributed by atoms with van der Waals surface area (Å²) in [5.41, 5.74) is 10.3. The summed E-state index contributed by atoms with van der Waals surface area (Å²) in [6, 6.07) is 18.0. The maximum absolute atomic E-state index is 2.56. The summed E-state index contributed by atoms with van der Waals surface area (Å²) in [4.78, 5) is 2.56. The van der Waals surface area contributed by atoms with Crippen molar-refractivity contribution in [2.45, 2.75) is 84.5 Å². The zero-order valence-electron chi connectivity index (χ0n) is 21.5. The van der Waals surface area contributed by atoms with E-state index in [0.29, 0.717) is 0 Å². The minimum Gasteiger partial charge on any atom is -0.344 e. The van der Waals surface area contributed by atoms with Crippen LogP contribution in [0.5, 0.6) is 0 Å². The largest absolute Gasteiger partial charge is 0.344 e. The zero-order chi connectivity index (χ0) is 23.6. The van der Waals surface area contributed by atoms with Crippen LogP contribution >= 0.6 is 0 Å². The Morgan fingerprint density at radius 3 is 2.18 bits per heavy atom. The van der Waals surface area contributed by atoms with Crippen LogP contribution in [-0.2, 0) is 10.8 Å². The third-order valence-corrected chi connectivity index (χ3v) is 7.76. The number of benzene rings is 2. The van der Waals surface area contributed by atoms with Gasteiger partial charge in [-0.1, -0.05) is 109 Å². The Kier molecular flexibility index (Phi) is 6.71. The van der Waals surface area contributed by atoms with Gasteiger partial charge in [-0.25, -0.2) is 0 Å². The number of para-hydroxylation sites is 1. The maximum Gasteiger partial charge on any atom is 0.0450 e. The Hall–Kier alpha value is -2.54.